The fourth-order valence-electron chi connectivity index (χ4n) is 4.96. The molecule has 0 radical (unpaired) electrons. The molecule has 3 aromatic rings. The summed E-state index contributed by atoms with van der Waals surface area (Å²) in [5.41, 5.74) is 1.70. The van der Waals surface area contributed by atoms with Crippen molar-refractivity contribution in [2.45, 2.75) is 65.1 Å². The third-order valence-corrected chi connectivity index (χ3v) is 7.40. The van der Waals surface area contributed by atoms with Crippen molar-refractivity contribution in [3.63, 3.8) is 0 Å². The van der Waals surface area contributed by atoms with E-state index in [9.17, 15) is 14.4 Å². The lowest BCUT2D eigenvalue weighted by Gasteiger charge is -2.33. The van der Waals surface area contributed by atoms with Crippen molar-refractivity contribution in [1.29, 1.82) is 0 Å². The summed E-state index contributed by atoms with van der Waals surface area (Å²) in [6, 6.07) is 16.1. The molecule has 3 amide bonds. The molecule has 1 unspecified atom stereocenters. The molecule has 0 fully saturated rings. The Kier molecular flexibility index (Phi) is 8.34. The topological polar surface area (TPSA) is 69.7 Å². The van der Waals surface area contributed by atoms with Gasteiger partial charge in [0.2, 0.25) is 11.8 Å². The summed E-state index contributed by atoms with van der Waals surface area (Å²) in [5, 5.41) is 5.85. The average molecular weight is 555 g/mol. The number of amides is 3. The fourth-order valence-corrected chi connectivity index (χ4v) is 5.48. The number of nitrogens with zero attached hydrogens (tertiary/aromatic N) is 2. The molecule has 8 heteroatoms. The molecule has 1 heterocycles. The minimum Gasteiger partial charge on any atom is -0.350 e. The van der Waals surface area contributed by atoms with Crippen LogP contribution in [-0.4, -0.2) is 40.7 Å². The quantitative estimate of drug-likeness (QED) is 0.324. The van der Waals surface area contributed by atoms with Gasteiger partial charge >= 0.3 is 0 Å². The first-order valence-electron chi connectivity index (χ1n) is 12.9. The van der Waals surface area contributed by atoms with Crippen LogP contribution in [0.15, 0.2) is 54.6 Å². The van der Waals surface area contributed by atoms with Crippen LogP contribution in [-0.2, 0) is 16.1 Å². The van der Waals surface area contributed by atoms with Gasteiger partial charge in [0, 0.05) is 51.6 Å². The third kappa shape index (κ3) is 5.82. The number of nitrogens with one attached hydrogen (secondary N) is 1. The second-order valence-corrected chi connectivity index (χ2v) is 11.4. The van der Waals surface area contributed by atoms with E-state index in [4.69, 9.17) is 23.2 Å². The van der Waals surface area contributed by atoms with E-state index in [-0.39, 0.29) is 30.7 Å². The van der Waals surface area contributed by atoms with Crippen LogP contribution in [0, 0.1) is 0 Å². The van der Waals surface area contributed by atoms with E-state index in [0.29, 0.717) is 40.6 Å². The van der Waals surface area contributed by atoms with Gasteiger partial charge in [-0.15, -0.1) is 0 Å². The molecule has 4 rings (SSSR count). The smallest absolute Gasteiger partial charge is 0.258 e. The highest BCUT2D eigenvalue weighted by Crippen LogP contribution is 2.37. The number of halogens is 2. The highest BCUT2D eigenvalue weighted by molar-refractivity contribution is 6.36. The van der Waals surface area contributed by atoms with Crippen molar-refractivity contribution in [3.05, 3.63) is 75.8 Å². The Morgan fingerprint density at radius 3 is 2.26 bits per heavy atom. The van der Waals surface area contributed by atoms with Crippen LogP contribution in [0.5, 0.6) is 0 Å². The number of carbonyl (C=O) groups excluding carboxylic acids is 3. The van der Waals surface area contributed by atoms with E-state index < -0.39 is 11.6 Å². The molecule has 6 nitrogen and oxygen atoms in total. The van der Waals surface area contributed by atoms with Gasteiger partial charge in [-0.25, -0.2) is 0 Å². The van der Waals surface area contributed by atoms with Crippen molar-refractivity contribution in [3.8, 4) is 0 Å². The van der Waals surface area contributed by atoms with Gasteiger partial charge < -0.3 is 15.1 Å². The minimum atomic E-state index is -0.694. The molecule has 0 aromatic heterocycles. The van der Waals surface area contributed by atoms with Crippen LogP contribution in [0.25, 0.3) is 10.8 Å². The van der Waals surface area contributed by atoms with Gasteiger partial charge in [-0.1, -0.05) is 60.5 Å². The first-order chi connectivity index (χ1) is 18.0. The molecule has 38 heavy (non-hydrogen) atoms. The van der Waals surface area contributed by atoms with Crippen molar-refractivity contribution in [2.24, 2.45) is 0 Å². The molecule has 0 aliphatic carbocycles. The summed E-state index contributed by atoms with van der Waals surface area (Å²) in [5.74, 6) is -0.479. The average Bonchev–Trinajstić information content (AvgIpc) is 3.12. The number of rotatable bonds is 9. The largest absolute Gasteiger partial charge is 0.350 e. The molecular weight excluding hydrogens is 521 g/mol. The first-order valence-corrected chi connectivity index (χ1v) is 13.7. The predicted octanol–water partition coefficient (Wildman–Crippen LogP) is 6.61. The van der Waals surface area contributed by atoms with Gasteiger partial charge in [-0.2, -0.15) is 0 Å². The van der Waals surface area contributed by atoms with Crippen molar-refractivity contribution < 1.29 is 14.4 Å². The number of hydrogen-bond acceptors (Lipinski definition) is 3. The van der Waals surface area contributed by atoms with Gasteiger partial charge in [0.1, 0.15) is 6.04 Å². The summed E-state index contributed by atoms with van der Waals surface area (Å²) in [7, 11) is 0. The lowest BCUT2D eigenvalue weighted by atomic mass is 10.0. The normalized spacial score (nSPS) is 13.6. The summed E-state index contributed by atoms with van der Waals surface area (Å²) in [6.45, 7) is 8.09. The lowest BCUT2D eigenvalue weighted by molar-refractivity contribution is -0.142. The Morgan fingerprint density at radius 1 is 1.00 bits per heavy atom. The Balaban J connectivity index is 1.53. The van der Waals surface area contributed by atoms with Crippen LogP contribution in [0.4, 0.5) is 5.69 Å². The van der Waals surface area contributed by atoms with Crippen molar-refractivity contribution in [2.75, 3.05) is 11.4 Å². The zero-order valence-corrected chi connectivity index (χ0v) is 23.7. The van der Waals surface area contributed by atoms with E-state index in [1.807, 2.05) is 64.1 Å². The summed E-state index contributed by atoms with van der Waals surface area (Å²) in [4.78, 5) is 43.3. The maximum absolute atomic E-state index is 13.7. The van der Waals surface area contributed by atoms with E-state index in [0.717, 1.165) is 16.5 Å². The summed E-state index contributed by atoms with van der Waals surface area (Å²) >= 11 is 12.9. The molecule has 1 N–H and O–H groups in total. The zero-order valence-electron chi connectivity index (χ0n) is 22.2. The van der Waals surface area contributed by atoms with Crippen LogP contribution >= 0.6 is 23.2 Å². The van der Waals surface area contributed by atoms with Gasteiger partial charge in [-0.05, 0) is 63.3 Å². The standard InChI is InChI=1S/C30H33Cl2N3O3/c1-5-24(28(37)33-30(2,3)4)35(18-21-22(31)13-8-14-23(21)32)26(36)16-9-17-34-25-15-7-11-19-10-6-12-20(27(19)25)29(34)38/h6-8,10-15,24H,5,9,16-18H2,1-4H3,(H,33,37). The second kappa shape index (κ2) is 11.3. The highest BCUT2D eigenvalue weighted by atomic mass is 35.5. The Hall–Kier alpha value is -3.09. The Labute approximate surface area is 233 Å². The number of benzene rings is 3. The number of anilines is 1. The Bertz CT molecular complexity index is 1360. The maximum Gasteiger partial charge on any atom is 0.258 e. The maximum atomic E-state index is 13.7. The number of carbonyl (C=O) groups is 3. The van der Waals surface area contributed by atoms with Crippen LogP contribution < -0.4 is 10.2 Å². The van der Waals surface area contributed by atoms with Crippen LogP contribution in [0.3, 0.4) is 0 Å². The predicted molar refractivity (Wildman–Crippen MR) is 154 cm³/mol. The van der Waals surface area contributed by atoms with Crippen LogP contribution in [0.2, 0.25) is 10.0 Å². The fraction of sp³-hybridized carbons (Fsp3) is 0.367. The molecule has 1 aliphatic rings. The molecule has 0 saturated carbocycles. The van der Waals surface area contributed by atoms with E-state index in [1.165, 1.54) is 0 Å². The molecular formula is C30H33Cl2N3O3. The van der Waals surface area contributed by atoms with Crippen molar-refractivity contribution in [1.82, 2.24) is 10.2 Å². The summed E-state index contributed by atoms with van der Waals surface area (Å²) < 4.78 is 0. The zero-order chi connectivity index (χ0) is 27.6. The summed E-state index contributed by atoms with van der Waals surface area (Å²) in [6.07, 6.45) is 1.04. The van der Waals surface area contributed by atoms with Gasteiger partial charge in [0.25, 0.3) is 5.91 Å². The second-order valence-electron chi connectivity index (χ2n) is 10.6. The SMILES string of the molecule is CCC(C(=O)NC(C)(C)C)N(Cc1c(Cl)cccc1Cl)C(=O)CCCN1C(=O)c2cccc3cccc1c23. The molecule has 0 spiro atoms. The molecule has 3 aromatic carbocycles. The van der Waals surface area contributed by atoms with Gasteiger partial charge in [-0.3, -0.25) is 14.4 Å². The highest BCUT2D eigenvalue weighted by Gasteiger charge is 2.33. The molecule has 200 valence electrons. The van der Waals surface area contributed by atoms with Crippen LogP contribution in [0.1, 0.15) is 62.9 Å². The van der Waals surface area contributed by atoms with Crippen molar-refractivity contribution >= 4 is 57.4 Å². The number of hydrogen-bond donors (Lipinski definition) is 1. The minimum absolute atomic E-state index is 0.0556. The molecule has 0 saturated heterocycles. The third-order valence-electron chi connectivity index (χ3n) is 6.70. The molecule has 1 atom stereocenters. The van der Waals surface area contributed by atoms with Gasteiger partial charge in [0.15, 0.2) is 0 Å². The molecule has 0 bridgehead atoms. The van der Waals surface area contributed by atoms with E-state index in [1.54, 1.807) is 28.0 Å². The first kappa shape index (κ1) is 27.9. The van der Waals surface area contributed by atoms with E-state index >= 15 is 0 Å². The van der Waals surface area contributed by atoms with Gasteiger partial charge in [0.05, 0.1) is 5.69 Å². The van der Waals surface area contributed by atoms with E-state index in [2.05, 4.69) is 5.32 Å². The monoisotopic (exact) mass is 553 g/mol. The lowest BCUT2D eigenvalue weighted by Crippen LogP contribution is -2.53. The Morgan fingerprint density at radius 2 is 1.63 bits per heavy atom. The molecule has 1 aliphatic heterocycles.